The first-order valence-electron chi connectivity index (χ1n) is 10.9. The van der Waals surface area contributed by atoms with Gasteiger partial charge >= 0.3 is 0 Å². The van der Waals surface area contributed by atoms with E-state index in [1.54, 1.807) is 31.4 Å². The maximum Gasteiger partial charge on any atom is 0.285 e. The molecule has 9 heteroatoms. The van der Waals surface area contributed by atoms with Crippen LogP contribution in [0.15, 0.2) is 57.8 Å². The molecule has 2 aromatic rings. The van der Waals surface area contributed by atoms with Crippen molar-refractivity contribution in [3.63, 3.8) is 0 Å². The number of carbonyl (C=O) groups excluding carboxylic acids is 1. The highest BCUT2D eigenvalue weighted by molar-refractivity contribution is 7.90. The summed E-state index contributed by atoms with van der Waals surface area (Å²) in [5.41, 5.74) is 1.68. The fourth-order valence-electron chi connectivity index (χ4n) is 4.78. The van der Waals surface area contributed by atoms with Crippen molar-refractivity contribution < 1.29 is 17.9 Å². The quantitative estimate of drug-likeness (QED) is 0.705. The van der Waals surface area contributed by atoms with Gasteiger partial charge in [0.2, 0.25) is 5.91 Å². The predicted octanol–water partition coefficient (Wildman–Crippen LogP) is 1.96. The lowest BCUT2D eigenvalue weighted by molar-refractivity contribution is -0.135. The van der Waals surface area contributed by atoms with Crippen LogP contribution in [0.4, 0.5) is 5.69 Å². The van der Waals surface area contributed by atoms with Crippen molar-refractivity contribution in [2.24, 2.45) is 4.40 Å². The first-order chi connectivity index (χ1) is 15.5. The van der Waals surface area contributed by atoms with Crippen molar-refractivity contribution in [1.29, 1.82) is 0 Å². The smallest absolute Gasteiger partial charge is 0.285 e. The average Bonchev–Trinajstić information content (AvgIpc) is 3.41. The first kappa shape index (κ1) is 20.8. The molecule has 0 saturated carbocycles. The molecule has 2 aromatic carbocycles. The minimum absolute atomic E-state index is 0.0530. The maximum absolute atomic E-state index is 13.4. The lowest BCUT2D eigenvalue weighted by Crippen LogP contribution is -2.54. The largest absolute Gasteiger partial charge is 0.497 e. The highest BCUT2D eigenvalue weighted by Gasteiger charge is 2.41. The molecule has 168 valence electrons. The molecule has 8 nitrogen and oxygen atoms in total. The summed E-state index contributed by atoms with van der Waals surface area (Å²) < 4.78 is 34.3. The highest BCUT2D eigenvalue weighted by atomic mass is 32.2. The van der Waals surface area contributed by atoms with E-state index >= 15 is 0 Å². The number of methoxy groups -OCH3 is 1. The predicted molar refractivity (Wildman–Crippen MR) is 122 cm³/mol. The Bertz CT molecular complexity index is 1170. The Morgan fingerprint density at radius 3 is 2.59 bits per heavy atom. The minimum atomic E-state index is -3.71. The zero-order valence-corrected chi connectivity index (χ0v) is 18.8. The molecular formula is C23H26N4O4S. The molecule has 3 aliphatic heterocycles. The van der Waals surface area contributed by atoms with Crippen LogP contribution in [-0.4, -0.2) is 75.8 Å². The van der Waals surface area contributed by atoms with E-state index in [2.05, 4.69) is 15.4 Å². The molecule has 0 aromatic heterocycles. The molecule has 3 heterocycles. The molecule has 0 radical (unpaired) electrons. The van der Waals surface area contributed by atoms with Gasteiger partial charge in [-0.1, -0.05) is 18.2 Å². The molecule has 0 spiro atoms. The second kappa shape index (κ2) is 8.12. The Kier molecular flexibility index (Phi) is 5.28. The fourth-order valence-corrected chi connectivity index (χ4v) is 5.99. The highest BCUT2D eigenvalue weighted by Crippen LogP contribution is 2.32. The van der Waals surface area contributed by atoms with Crippen LogP contribution < -0.4 is 9.64 Å². The van der Waals surface area contributed by atoms with Gasteiger partial charge in [0.25, 0.3) is 10.0 Å². The Morgan fingerprint density at radius 2 is 1.81 bits per heavy atom. The summed E-state index contributed by atoms with van der Waals surface area (Å²) in [6.45, 7) is 3.36. The second-order valence-electron chi connectivity index (χ2n) is 8.25. The topological polar surface area (TPSA) is 82.5 Å². The van der Waals surface area contributed by atoms with Gasteiger partial charge in [0, 0.05) is 50.0 Å². The maximum atomic E-state index is 13.4. The number of hydrogen-bond donors (Lipinski definition) is 0. The van der Waals surface area contributed by atoms with Gasteiger partial charge in [-0.05, 0) is 37.1 Å². The van der Waals surface area contributed by atoms with E-state index in [1.165, 1.54) is 0 Å². The van der Waals surface area contributed by atoms with Crippen LogP contribution in [0.3, 0.4) is 0 Å². The van der Waals surface area contributed by atoms with E-state index in [4.69, 9.17) is 4.74 Å². The van der Waals surface area contributed by atoms with Crippen molar-refractivity contribution in [1.82, 2.24) is 9.80 Å². The molecule has 0 aliphatic carbocycles. The number of anilines is 1. The molecule has 5 rings (SSSR count). The molecule has 0 N–H and O–H groups in total. The number of piperazine rings is 1. The Labute approximate surface area is 188 Å². The van der Waals surface area contributed by atoms with E-state index in [9.17, 15) is 13.2 Å². The summed E-state index contributed by atoms with van der Waals surface area (Å²) in [6.07, 6.45) is 1.54. The monoisotopic (exact) mass is 454 g/mol. The van der Waals surface area contributed by atoms with Gasteiger partial charge in [-0.3, -0.25) is 4.79 Å². The van der Waals surface area contributed by atoms with E-state index < -0.39 is 10.0 Å². The summed E-state index contributed by atoms with van der Waals surface area (Å²) in [5, 5.41) is 0. The molecular weight excluding hydrogens is 428 g/mol. The van der Waals surface area contributed by atoms with Gasteiger partial charge < -0.3 is 19.4 Å². The number of sulfonamides is 1. The van der Waals surface area contributed by atoms with Gasteiger partial charge in [0.05, 0.1) is 7.11 Å². The molecule has 2 saturated heterocycles. The first-order valence-corrected chi connectivity index (χ1v) is 12.3. The van der Waals surface area contributed by atoms with Crippen LogP contribution in [0, 0.1) is 0 Å². The van der Waals surface area contributed by atoms with Crippen LogP contribution in [0.2, 0.25) is 0 Å². The zero-order valence-electron chi connectivity index (χ0n) is 18.0. The number of likely N-dealkylation sites (tertiary alicyclic amines) is 1. The molecule has 2 fully saturated rings. The Balaban J connectivity index is 1.30. The lowest BCUT2D eigenvalue weighted by Gasteiger charge is -2.38. The summed E-state index contributed by atoms with van der Waals surface area (Å²) >= 11 is 0. The third kappa shape index (κ3) is 3.60. The molecule has 3 aliphatic rings. The van der Waals surface area contributed by atoms with Crippen molar-refractivity contribution in [2.75, 3.05) is 44.7 Å². The van der Waals surface area contributed by atoms with Gasteiger partial charge in [-0.15, -0.1) is 4.40 Å². The normalized spacial score (nSPS) is 22.0. The number of amides is 1. The van der Waals surface area contributed by atoms with Crippen molar-refractivity contribution >= 4 is 27.5 Å². The van der Waals surface area contributed by atoms with Crippen LogP contribution in [-0.2, 0) is 14.8 Å². The van der Waals surface area contributed by atoms with Crippen LogP contribution in [0.1, 0.15) is 18.4 Å². The molecule has 1 unspecified atom stereocenters. The van der Waals surface area contributed by atoms with Crippen LogP contribution >= 0.6 is 0 Å². The van der Waals surface area contributed by atoms with Gasteiger partial charge in [0.15, 0.2) is 5.84 Å². The Hall–Kier alpha value is -3.07. The number of benzene rings is 2. The SMILES string of the molecule is COc1cccc(N2CCN(C(=O)C3CCCN3C3=NS(=O)(=O)c4ccccc43)CC2)c1. The lowest BCUT2D eigenvalue weighted by atomic mass is 10.1. The number of nitrogens with zero attached hydrogens (tertiary/aromatic N) is 4. The molecule has 1 atom stereocenters. The van der Waals surface area contributed by atoms with E-state index in [-0.39, 0.29) is 16.8 Å². The van der Waals surface area contributed by atoms with Crippen molar-refractivity contribution in [3.05, 3.63) is 54.1 Å². The number of fused-ring (bicyclic) bond motifs is 1. The van der Waals surface area contributed by atoms with E-state index in [0.717, 1.165) is 30.9 Å². The molecule has 1 amide bonds. The van der Waals surface area contributed by atoms with E-state index in [0.29, 0.717) is 37.5 Å². The number of ether oxygens (including phenoxy) is 1. The van der Waals surface area contributed by atoms with Gasteiger partial charge in [-0.2, -0.15) is 8.42 Å². The fraction of sp³-hybridized carbons (Fsp3) is 0.391. The zero-order chi connectivity index (χ0) is 22.3. The number of hydrogen-bond acceptors (Lipinski definition) is 6. The minimum Gasteiger partial charge on any atom is -0.497 e. The third-order valence-corrected chi connectivity index (χ3v) is 7.76. The van der Waals surface area contributed by atoms with E-state index in [1.807, 2.05) is 28.0 Å². The number of carbonyl (C=O) groups is 1. The third-order valence-electron chi connectivity index (χ3n) is 6.43. The van der Waals surface area contributed by atoms with Crippen LogP contribution in [0.25, 0.3) is 0 Å². The summed E-state index contributed by atoms with van der Waals surface area (Å²) in [4.78, 5) is 19.7. The Morgan fingerprint density at radius 1 is 1.03 bits per heavy atom. The summed E-state index contributed by atoms with van der Waals surface area (Å²) in [6, 6.07) is 14.4. The van der Waals surface area contributed by atoms with Gasteiger partial charge in [-0.25, -0.2) is 0 Å². The van der Waals surface area contributed by atoms with Crippen LogP contribution in [0.5, 0.6) is 5.75 Å². The van der Waals surface area contributed by atoms with Gasteiger partial charge in [0.1, 0.15) is 16.7 Å². The standard InChI is InChI=1S/C23H26N4O4S/c1-31-18-7-4-6-17(16-18)25-12-14-26(15-13-25)23(28)20-9-5-11-27(20)22-19-8-2-3-10-21(19)32(29,30)24-22/h2-4,6-8,10,16,20H,5,9,11-15H2,1H3. The number of rotatable bonds is 3. The second-order valence-corrected chi connectivity index (χ2v) is 9.82. The average molecular weight is 455 g/mol. The molecule has 32 heavy (non-hydrogen) atoms. The van der Waals surface area contributed by atoms with Crippen molar-refractivity contribution in [3.8, 4) is 5.75 Å². The number of amidine groups is 1. The van der Waals surface area contributed by atoms with Crippen molar-refractivity contribution in [2.45, 2.75) is 23.8 Å². The summed E-state index contributed by atoms with van der Waals surface area (Å²) in [5.74, 6) is 1.28. The summed E-state index contributed by atoms with van der Waals surface area (Å²) in [7, 11) is -2.05. The molecule has 0 bridgehead atoms.